The van der Waals surface area contributed by atoms with Gasteiger partial charge in [0.05, 0.1) is 0 Å². The molecule has 1 aliphatic carbocycles. The average Bonchev–Trinajstić information content (AvgIpc) is 2.48. The molecule has 1 heterocycles. The number of rotatable bonds is 7. The third kappa shape index (κ3) is 4.85. The second kappa shape index (κ2) is 8.35. The fraction of sp³-hybridized carbons (Fsp3) is 0.733. The molecule has 1 aliphatic rings. The largest absolute Gasteiger partial charge is 0.370 e. The second-order valence-corrected chi connectivity index (χ2v) is 6.15. The van der Waals surface area contributed by atoms with Crippen LogP contribution in [0.2, 0.25) is 0 Å². The molecule has 0 spiro atoms. The predicted molar refractivity (Wildman–Crippen MR) is 87.7 cm³/mol. The van der Waals surface area contributed by atoms with Crippen LogP contribution in [0.25, 0.3) is 0 Å². The molecule has 2 rings (SSSR count). The number of hydrogen-bond donors (Lipinski definition) is 2. The van der Waals surface area contributed by atoms with Gasteiger partial charge in [0, 0.05) is 19.2 Å². The third-order valence-corrected chi connectivity index (χ3v) is 4.38. The van der Waals surface area contributed by atoms with E-state index in [9.17, 15) is 0 Å². The molecule has 0 saturated heterocycles. The fourth-order valence-corrected chi connectivity index (χ4v) is 3.14. The van der Waals surface area contributed by atoms with Crippen molar-refractivity contribution in [3.8, 4) is 0 Å². The number of nitrogens with zero attached hydrogens (tertiary/aromatic N) is 2. The summed E-state index contributed by atoms with van der Waals surface area (Å²) in [5, 5.41) is 7.54. The zero-order valence-electron chi connectivity index (χ0n) is 12.6. The molecule has 1 fully saturated rings. The molecule has 0 amide bonds. The first-order chi connectivity index (χ1) is 9.81. The van der Waals surface area contributed by atoms with E-state index in [0.717, 1.165) is 35.8 Å². The van der Waals surface area contributed by atoms with Crippen LogP contribution in [0.5, 0.6) is 0 Å². The van der Waals surface area contributed by atoms with Gasteiger partial charge in [-0.1, -0.05) is 43.9 Å². The van der Waals surface area contributed by atoms with Gasteiger partial charge in [0.15, 0.2) is 5.16 Å². The number of hydrogen-bond acceptors (Lipinski definition) is 5. The van der Waals surface area contributed by atoms with E-state index < -0.39 is 0 Å². The molecule has 0 aromatic carbocycles. The average molecular weight is 294 g/mol. The first-order valence-corrected chi connectivity index (χ1v) is 8.95. The summed E-state index contributed by atoms with van der Waals surface area (Å²) in [6, 6.07) is 2.00. The van der Waals surface area contributed by atoms with Crippen LogP contribution in [-0.4, -0.2) is 29.3 Å². The molecule has 0 radical (unpaired) electrons. The predicted octanol–water partition coefficient (Wildman–Crippen LogP) is 4.01. The molecule has 4 nitrogen and oxygen atoms in total. The lowest BCUT2D eigenvalue weighted by Crippen LogP contribution is -2.13. The van der Waals surface area contributed by atoms with Gasteiger partial charge in [-0.15, -0.1) is 0 Å². The lowest BCUT2D eigenvalue weighted by molar-refractivity contribution is 0.345. The highest BCUT2D eigenvalue weighted by atomic mass is 32.2. The van der Waals surface area contributed by atoms with Crippen LogP contribution >= 0.6 is 11.8 Å². The molecule has 0 atom stereocenters. The minimum absolute atomic E-state index is 0.823. The smallest absolute Gasteiger partial charge is 0.191 e. The van der Waals surface area contributed by atoms with E-state index in [-0.39, 0.29) is 0 Å². The maximum atomic E-state index is 4.52. The Kier molecular flexibility index (Phi) is 6.43. The summed E-state index contributed by atoms with van der Waals surface area (Å²) in [7, 11) is 0. The summed E-state index contributed by atoms with van der Waals surface area (Å²) in [6.07, 6.45) is 10.3. The molecule has 0 unspecified atom stereocenters. The highest BCUT2D eigenvalue weighted by Gasteiger charge is 2.13. The van der Waals surface area contributed by atoms with Crippen molar-refractivity contribution in [3.05, 3.63) is 6.07 Å². The molecule has 0 aliphatic heterocycles. The molecule has 2 N–H and O–H groups in total. The second-order valence-electron chi connectivity index (χ2n) is 5.37. The molecule has 1 aromatic rings. The van der Waals surface area contributed by atoms with Crippen LogP contribution in [0.4, 0.5) is 11.6 Å². The van der Waals surface area contributed by atoms with Crippen LogP contribution in [0.1, 0.15) is 45.4 Å². The van der Waals surface area contributed by atoms with Crippen molar-refractivity contribution < 1.29 is 0 Å². The zero-order valence-corrected chi connectivity index (χ0v) is 13.4. The van der Waals surface area contributed by atoms with Crippen molar-refractivity contribution >= 4 is 23.4 Å². The Hall–Kier alpha value is -0.970. The lowest BCUT2D eigenvalue weighted by Gasteiger charge is -2.21. The van der Waals surface area contributed by atoms with Crippen molar-refractivity contribution in [2.75, 3.05) is 30.0 Å². The summed E-state index contributed by atoms with van der Waals surface area (Å²) in [4.78, 5) is 8.96. The first-order valence-electron chi connectivity index (χ1n) is 7.72. The summed E-state index contributed by atoms with van der Waals surface area (Å²) >= 11 is 1.58. The molecule has 112 valence electrons. The molecule has 1 saturated carbocycles. The van der Waals surface area contributed by atoms with Gasteiger partial charge in [-0.3, -0.25) is 0 Å². The van der Waals surface area contributed by atoms with E-state index in [4.69, 9.17) is 0 Å². The Balaban J connectivity index is 1.85. The van der Waals surface area contributed by atoms with Gasteiger partial charge in [0.25, 0.3) is 0 Å². The van der Waals surface area contributed by atoms with Gasteiger partial charge in [0.1, 0.15) is 11.6 Å². The van der Waals surface area contributed by atoms with E-state index in [1.54, 1.807) is 11.8 Å². The highest BCUT2D eigenvalue weighted by molar-refractivity contribution is 7.98. The van der Waals surface area contributed by atoms with Crippen molar-refractivity contribution in [3.63, 3.8) is 0 Å². The Bertz CT molecular complexity index is 405. The Morgan fingerprint density at radius 2 is 1.85 bits per heavy atom. The maximum absolute atomic E-state index is 4.52. The van der Waals surface area contributed by atoms with Gasteiger partial charge in [0.2, 0.25) is 0 Å². The summed E-state index contributed by atoms with van der Waals surface area (Å²) in [5.74, 6) is 2.76. The summed E-state index contributed by atoms with van der Waals surface area (Å²) in [5.41, 5.74) is 0. The van der Waals surface area contributed by atoms with E-state index in [0.29, 0.717) is 0 Å². The van der Waals surface area contributed by atoms with Gasteiger partial charge in [-0.2, -0.15) is 0 Å². The number of aromatic nitrogens is 2. The summed E-state index contributed by atoms with van der Waals surface area (Å²) < 4.78 is 0. The minimum Gasteiger partial charge on any atom is -0.370 e. The van der Waals surface area contributed by atoms with Crippen molar-refractivity contribution in [1.29, 1.82) is 0 Å². The Morgan fingerprint density at radius 1 is 1.15 bits per heavy atom. The zero-order chi connectivity index (χ0) is 14.2. The van der Waals surface area contributed by atoms with E-state index in [1.165, 1.54) is 38.5 Å². The Morgan fingerprint density at radius 3 is 2.50 bits per heavy atom. The highest BCUT2D eigenvalue weighted by Crippen LogP contribution is 2.26. The number of anilines is 2. The molecule has 20 heavy (non-hydrogen) atoms. The number of nitrogens with one attached hydrogen (secondary N) is 2. The van der Waals surface area contributed by atoms with Crippen LogP contribution in [0.15, 0.2) is 11.2 Å². The minimum atomic E-state index is 0.823. The van der Waals surface area contributed by atoms with Crippen molar-refractivity contribution in [2.24, 2.45) is 5.92 Å². The quantitative estimate of drug-likeness (QED) is 0.588. The third-order valence-electron chi connectivity index (χ3n) is 3.83. The van der Waals surface area contributed by atoms with Gasteiger partial charge >= 0.3 is 0 Å². The monoisotopic (exact) mass is 294 g/mol. The van der Waals surface area contributed by atoms with E-state index >= 15 is 0 Å². The first kappa shape index (κ1) is 15.4. The normalized spacial score (nSPS) is 16.1. The lowest BCUT2D eigenvalue weighted by atomic mass is 9.87. The molecular formula is C15H26N4S. The van der Waals surface area contributed by atoms with Gasteiger partial charge in [-0.05, 0) is 25.5 Å². The summed E-state index contributed by atoms with van der Waals surface area (Å²) in [6.45, 7) is 3.98. The fourth-order valence-electron chi connectivity index (χ4n) is 2.76. The topological polar surface area (TPSA) is 49.8 Å². The maximum Gasteiger partial charge on any atom is 0.191 e. The van der Waals surface area contributed by atoms with Crippen LogP contribution < -0.4 is 10.6 Å². The van der Waals surface area contributed by atoms with Gasteiger partial charge in [-0.25, -0.2) is 9.97 Å². The molecule has 0 bridgehead atoms. The van der Waals surface area contributed by atoms with E-state index in [2.05, 4.69) is 27.5 Å². The SMILES string of the molecule is CCNc1cc(NCCC2CCCCC2)nc(SC)n1. The van der Waals surface area contributed by atoms with Crippen molar-refractivity contribution in [1.82, 2.24) is 9.97 Å². The van der Waals surface area contributed by atoms with Crippen molar-refractivity contribution in [2.45, 2.75) is 50.6 Å². The molecule has 5 heteroatoms. The van der Waals surface area contributed by atoms with Gasteiger partial charge < -0.3 is 10.6 Å². The van der Waals surface area contributed by atoms with Crippen LogP contribution in [0.3, 0.4) is 0 Å². The standard InChI is InChI=1S/C15H26N4S/c1-3-16-13-11-14(19-15(18-13)20-2)17-10-9-12-7-5-4-6-8-12/h11-12H,3-10H2,1-2H3,(H2,16,17,18,19). The molecule has 1 aromatic heterocycles. The number of thioether (sulfide) groups is 1. The Labute approximate surface area is 126 Å². The van der Waals surface area contributed by atoms with Crippen LogP contribution in [0, 0.1) is 5.92 Å². The molecular weight excluding hydrogens is 268 g/mol. The van der Waals surface area contributed by atoms with E-state index in [1.807, 2.05) is 12.3 Å². The van der Waals surface area contributed by atoms with Crippen LogP contribution in [-0.2, 0) is 0 Å².